The molecule has 148 valence electrons. The quantitative estimate of drug-likeness (QED) is 0.592. The molecule has 1 aliphatic carbocycles. The van der Waals surface area contributed by atoms with Crippen LogP contribution in [-0.4, -0.2) is 21.6 Å². The molecule has 0 bridgehead atoms. The first-order valence-electron chi connectivity index (χ1n) is 9.33. The van der Waals surface area contributed by atoms with Crippen molar-refractivity contribution in [3.8, 4) is 0 Å². The van der Waals surface area contributed by atoms with Crippen LogP contribution in [0.1, 0.15) is 35.8 Å². The van der Waals surface area contributed by atoms with Gasteiger partial charge in [-0.15, -0.1) is 0 Å². The number of halogens is 1. The summed E-state index contributed by atoms with van der Waals surface area (Å²) in [6, 6.07) is 14.4. The van der Waals surface area contributed by atoms with Crippen molar-refractivity contribution >= 4 is 38.5 Å². The maximum atomic E-state index is 12.8. The van der Waals surface area contributed by atoms with Crippen LogP contribution < -0.4 is 16.4 Å². The molecular weight excluding hydrogens is 436 g/mol. The van der Waals surface area contributed by atoms with Crippen molar-refractivity contribution in [3.63, 3.8) is 0 Å². The predicted octanol–water partition coefficient (Wildman–Crippen LogP) is 2.67. The summed E-state index contributed by atoms with van der Waals surface area (Å²) in [5.74, 6) is -0.829. The number of benzene rings is 2. The fraction of sp³-hybridized carbons (Fsp3) is 0.238. The van der Waals surface area contributed by atoms with E-state index in [0.717, 1.165) is 22.9 Å². The number of carbonyl (C=O) groups excluding carboxylic acids is 2. The Hall–Kier alpha value is -3.00. The van der Waals surface area contributed by atoms with Gasteiger partial charge in [-0.25, -0.2) is 4.68 Å². The van der Waals surface area contributed by atoms with Gasteiger partial charge >= 0.3 is 0 Å². The number of carbonyl (C=O) groups is 2. The Morgan fingerprint density at radius 2 is 1.72 bits per heavy atom. The number of nitrogens with zero attached hydrogens (tertiary/aromatic N) is 2. The Kier molecular flexibility index (Phi) is 4.96. The van der Waals surface area contributed by atoms with Gasteiger partial charge in [0.05, 0.1) is 10.8 Å². The number of aryl methyl sites for hydroxylation is 1. The van der Waals surface area contributed by atoms with Gasteiger partial charge < -0.3 is 0 Å². The lowest BCUT2D eigenvalue weighted by molar-refractivity contribution is -0.124. The molecule has 0 atom stereocenters. The summed E-state index contributed by atoms with van der Waals surface area (Å²) in [4.78, 5) is 38.0. The van der Waals surface area contributed by atoms with Crippen LogP contribution in [0, 0.1) is 0 Å². The summed E-state index contributed by atoms with van der Waals surface area (Å²) in [6.45, 7) is 2.12. The van der Waals surface area contributed by atoms with Crippen LogP contribution in [-0.2, 0) is 16.8 Å². The first-order chi connectivity index (χ1) is 14.0. The Bertz CT molecular complexity index is 1170. The first-order valence-corrected chi connectivity index (χ1v) is 10.1. The molecule has 2 aromatic carbocycles. The van der Waals surface area contributed by atoms with Crippen LogP contribution in [0.2, 0.25) is 0 Å². The Balaban J connectivity index is 1.56. The van der Waals surface area contributed by atoms with E-state index in [4.69, 9.17) is 0 Å². The number of hydrogen-bond acceptors (Lipinski definition) is 4. The van der Waals surface area contributed by atoms with Gasteiger partial charge in [0.2, 0.25) is 5.91 Å². The third kappa shape index (κ3) is 3.44. The van der Waals surface area contributed by atoms with Crippen molar-refractivity contribution in [1.82, 2.24) is 20.6 Å². The summed E-state index contributed by atoms with van der Waals surface area (Å²) in [7, 11) is 0. The monoisotopic (exact) mass is 454 g/mol. The predicted molar refractivity (Wildman–Crippen MR) is 112 cm³/mol. The lowest BCUT2D eigenvalue weighted by Crippen LogP contribution is -2.47. The topological polar surface area (TPSA) is 93.1 Å². The molecule has 8 heteroatoms. The molecular formula is C21H19BrN4O3. The molecule has 29 heavy (non-hydrogen) atoms. The van der Waals surface area contributed by atoms with Crippen molar-refractivity contribution in [1.29, 1.82) is 0 Å². The number of hydrogen-bond donors (Lipinski definition) is 2. The van der Waals surface area contributed by atoms with Crippen LogP contribution in [0.5, 0.6) is 0 Å². The molecule has 0 aliphatic heterocycles. The summed E-state index contributed by atoms with van der Waals surface area (Å²) >= 11 is 3.39. The molecule has 4 rings (SSSR count). The molecule has 1 saturated carbocycles. The molecule has 2 amide bonds. The minimum absolute atomic E-state index is 0.0934. The van der Waals surface area contributed by atoms with Gasteiger partial charge in [-0.05, 0) is 43.5 Å². The highest BCUT2D eigenvalue weighted by Gasteiger charge is 2.51. The normalized spacial score (nSPS) is 14.4. The number of nitrogens with one attached hydrogen (secondary N) is 2. The van der Waals surface area contributed by atoms with Crippen LogP contribution in [0.3, 0.4) is 0 Å². The van der Waals surface area contributed by atoms with Crippen molar-refractivity contribution in [2.45, 2.75) is 31.7 Å². The van der Waals surface area contributed by atoms with Crippen LogP contribution >= 0.6 is 15.9 Å². The van der Waals surface area contributed by atoms with E-state index in [2.05, 4.69) is 31.9 Å². The molecule has 0 radical (unpaired) electrons. The van der Waals surface area contributed by atoms with E-state index in [-0.39, 0.29) is 17.2 Å². The van der Waals surface area contributed by atoms with Gasteiger partial charge in [-0.1, -0.05) is 46.3 Å². The Labute approximate surface area is 175 Å². The Morgan fingerprint density at radius 3 is 2.34 bits per heavy atom. The summed E-state index contributed by atoms with van der Waals surface area (Å²) in [5.41, 5.74) is 5.13. The first kappa shape index (κ1) is 19.3. The fourth-order valence-corrected chi connectivity index (χ4v) is 3.71. The van der Waals surface area contributed by atoms with Crippen molar-refractivity contribution in [3.05, 3.63) is 74.6 Å². The number of hydrazine groups is 1. The zero-order valence-electron chi connectivity index (χ0n) is 15.7. The molecule has 7 nitrogen and oxygen atoms in total. The second-order valence-corrected chi connectivity index (χ2v) is 7.93. The maximum absolute atomic E-state index is 12.8. The van der Waals surface area contributed by atoms with Gasteiger partial charge in [0.25, 0.3) is 11.5 Å². The SMILES string of the molecule is CCn1nc(C(=O)NNC(=O)C2(c3ccc(Br)cc3)CC2)c2ccccc2c1=O. The number of rotatable bonds is 4. The number of amides is 2. The number of aromatic nitrogens is 2. The van der Waals surface area contributed by atoms with E-state index in [1.807, 2.05) is 24.3 Å². The van der Waals surface area contributed by atoms with Gasteiger partial charge in [-0.3, -0.25) is 25.2 Å². The van der Waals surface area contributed by atoms with E-state index >= 15 is 0 Å². The standard InChI is InChI=1S/C21H19BrN4O3/c1-2-26-19(28)16-6-4-3-5-15(16)17(25-26)18(27)23-24-20(29)21(11-12-21)13-7-9-14(22)10-8-13/h3-10H,2,11-12H2,1H3,(H,23,27)(H,24,29). The fourth-order valence-electron chi connectivity index (χ4n) is 3.45. The molecule has 0 unspecified atom stereocenters. The minimum Gasteiger partial charge on any atom is -0.272 e. The maximum Gasteiger partial charge on any atom is 0.290 e. The molecule has 1 aromatic heterocycles. The van der Waals surface area contributed by atoms with Gasteiger partial charge in [-0.2, -0.15) is 5.10 Å². The lowest BCUT2D eigenvalue weighted by Gasteiger charge is -2.17. The van der Waals surface area contributed by atoms with E-state index in [0.29, 0.717) is 17.3 Å². The van der Waals surface area contributed by atoms with Crippen LogP contribution in [0.4, 0.5) is 0 Å². The van der Waals surface area contributed by atoms with Crippen molar-refractivity contribution in [2.75, 3.05) is 0 Å². The van der Waals surface area contributed by atoms with Gasteiger partial charge in [0, 0.05) is 16.4 Å². The third-order valence-corrected chi connectivity index (χ3v) is 5.78. The van der Waals surface area contributed by atoms with E-state index in [1.54, 1.807) is 31.2 Å². The lowest BCUT2D eigenvalue weighted by atomic mass is 9.95. The molecule has 1 aliphatic rings. The summed E-state index contributed by atoms with van der Waals surface area (Å²) in [5, 5.41) is 5.04. The molecule has 3 aromatic rings. The largest absolute Gasteiger partial charge is 0.290 e. The summed E-state index contributed by atoms with van der Waals surface area (Å²) in [6.07, 6.45) is 1.44. The molecule has 1 fully saturated rings. The van der Waals surface area contributed by atoms with Crippen LogP contribution in [0.15, 0.2) is 57.8 Å². The zero-order chi connectivity index (χ0) is 20.6. The Morgan fingerprint density at radius 1 is 1.07 bits per heavy atom. The van der Waals surface area contributed by atoms with Crippen molar-refractivity contribution in [2.24, 2.45) is 0 Å². The molecule has 1 heterocycles. The second-order valence-electron chi connectivity index (χ2n) is 7.01. The highest BCUT2D eigenvalue weighted by atomic mass is 79.9. The van der Waals surface area contributed by atoms with E-state index < -0.39 is 11.3 Å². The highest BCUT2D eigenvalue weighted by Crippen LogP contribution is 2.48. The van der Waals surface area contributed by atoms with Crippen LogP contribution in [0.25, 0.3) is 10.8 Å². The average Bonchev–Trinajstić information content (AvgIpc) is 3.55. The molecule has 2 N–H and O–H groups in total. The van der Waals surface area contributed by atoms with Gasteiger partial charge in [0.1, 0.15) is 0 Å². The highest BCUT2D eigenvalue weighted by molar-refractivity contribution is 9.10. The van der Waals surface area contributed by atoms with Gasteiger partial charge in [0.15, 0.2) is 5.69 Å². The van der Waals surface area contributed by atoms with Crippen molar-refractivity contribution < 1.29 is 9.59 Å². The zero-order valence-corrected chi connectivity index (χ0v) is 17.3. The summed E-state index contributed by atoms with van der Waals surface area (Å²) < 4.78 is 2.18. The van der Waals surface area contributed by atoms with E-state index in [1.165, 1.54) is 4.68 Å². The average molecular weight is 455 g/mol. The minimum atomic E-state index is -0.619. The number of fused-ring (bicyclic) bond motifs is 1. The molecule has 0 spiro atoms. The smallest absolute Gasteiger partial charge is 0.272 e. The van der Waals surface area contributed by atoms with E-state index in [9.17, 15) is 14.4 Å². The third-order valence-electron chi connectivity index (χ3n) is 5.25. The second kappa shape index (κ2) is 7.44. The molecule has 0 saturated heterocycles.